The van der Waals surface area contributed by atoms with Gasteiger partial charge in [-0.15, -0.1) is 0 Å². The molecular weight excluding hydrogens is 348 g/mol. The maximum atomic E-state index is 13.4. The Morgan fingerprint density at radius 3 is 2.38 bits per heavy atom. The van der Waals surface area contributed by atoms with Crippen LogP contribution in [0.4, 0.5) is 0 Å². The maximum Gasteiger partial charge on any atom is 0.244 e. The van der Waals surface area contributed by atoms with Crippen molar-refractivity contribution in [1.82, 2.24) is 9.29 Å². The Labute approximate surface area is 154 Å². The van der Waals surface area contributed by atoms with Gasteiger partial charge in [0.05, 0.1) is 29.9 Å². The van der Waals surface area contributed by atoms with Gasteiger partial charge in [-0.05, 0) is 67.8 Å². The van der Waals surface area contributed by atoms with Crippen LogP contribution in [0.3, 0.4) is 0 Å². The number of nitrogens with zero attached hydrogens (tertiary/aromatic N) is 2. The second kappa shape index (κ2) is 7.43. The van der Waals surface area contributed by atoms with Crippen molar-refractivity contribution in [3.63, 3.8) is 0 Å². The summed E-state index contributed by atoms with van der Waals surface area (Å²) in [7, 11) is -3.71. The van der Waals surface area contributed by atoms with Crippen molar-refractivity contribution in [1.29, 1.82) is 0 Å². The number of aromatic nitrogens is 1. The van der Waals surface area contributed by atoms with Crippen molar-refractivity contribution in [3.8, 4) is 0 Å². The monoisotopic (exact) mass is 370 g/mol. The van der Waals surface area contributed by atoms with Crippen molar-refractivity contribution in [2.75, 3.05) is 0 Å². The molecule has 0 atom stereocenters. The molecule has 26 heavy (non-hydrogen) atoms. The molecule has 0 fully saturated rings. The van der Waals surface area contributed by atoms with E-state index in [1.807, 2.05) is 45.0 Å². The number of sulfonamides is 1. The topological polar surface area (TPSA) is 63.4 Å². The molecule has 0 spiro atoms. The molecule has 0 radical (unpaired) electrons. The Bertz CT molecular complexity index is 981. The fourth-order valence-corrected chi connectivity index (χ4v) is 4.49. The minimum atomic E-state index is -3.71. The van der Waals surface area contributed by atoms with Gasteiger partial charge in [0.25, 0.3) is 0 Å². The summed E-state index contributed by atoms with van der Waals surface area (Å²) in [5.74, 6) is 0.589. The normalized spacial score (nSPS) is 11.8. The molecule has 0 amide bonds. The zero-order valence-electron chi connectivity index (χ0n) is 15.1. The van der Waals surface area contributed by atoms with Crippen LogP contribution in [0.2, 0.25) is 0 Å². The van der Waals surface area contributed by atoms with Gasteiger partial charge in [0.2, 0.25) is 10.0 Å². The van der Waals surface area contributed by atoms with Crippen LogP contribution < -0.4 is 0 Å². The van der Waals surface area contributed by atoms with Gasteiger partial charge in [-0.3, -0.25) is 4.98 Å². The molecule has 0 aliphatic rings. The molecule has 0 unspecified atom stereocenters. The third kappa shape index (κ3) is 3.86. The zero-order chi connectivity index (χ0) is 18.7. The summed E-state index contributed by atoms with van der Waals surface area (Å²) in [6, 6.07) is 12.7. The smallest absolute Gasteiger partial charge is 0.244 e. The lowest BCUT2D eigenvalue weighted by Gasteiger charge is -2.22. The van der Waals surface area contributed by atoms with Crippen LogP contribution in [0.15, 0.2) is 64.2 Å². The molecule has 5 nitrogen and oxygen atoms in total. The Morgan fingerprint density at radius 2 is 1.73 bits per heavy atom. The molecule has 0 saturated heterocycles. The lowest BCUT2D eigenvalue weighted by molar-refractivity contribution is 0.355. The second-order valence-electron chi connectivity index (χ2n) is 6.38. The first-order chi connectivity index (χ1) is 12.4. The van der Waals surface area contributed by atoms with Crippen molar-refractivity contribution in [3.05, 3.63) is 83.1 Å². The summed E-state index contributed by atoms with van der Waals surface area (Å²) in [6.07, 6.45) is 3.20. The molecule has 0 bridgehead atoms. The van der Waals surface area contributed by atoms with Crippen molar-refractivity contribution >= 4 is 10.0 Å². The van der Waals surface area contributed by atoms with E-state index in [1.54, 1.807) is 30.7 Å². The van der Waals surface area contributed by atoms with E-state index in [1.165, 1.54) is 4.31 Å². The molecule has 3 rings (SSSR count). The predicted octanol–water partition coefficient (Wildman–Crippen LogP) is 3.99. The fourth-order valence-electron chi connectivity index (χ4n) is 2.83. The van der Waals surface area contributed by atoms with E-state index < -0.39 is 10.0 Å². The highest BCUT2D eigenvalue weighted by Crippen LogP contribution is 2.26. The quantitative estimate of drug-likeness (QED) is 0.658. The van der Waals surface area contributed by atoms with Crippen LogP contribution in [-0.2, 0) is 23.1 Å². The van der Waals surface area contributed by atoms with E-state index >= 15 is 0 Å². The number of furan rings is 1. The van der Waals surface area contributed by atoms with Crippen LogP contribution in [0, 0.1) is 20.8 Å². The molecule has 6 heteroatoms. The molecule has 2 heterocycles. The van der Waals surface area contributed by atoms with E-state index in [0.717, 1.165) is 16.7 Å². The molecule has 0 N–H and O–H groups in total. The third-order valence-electron chi connectivity index (χ3n) is 4.39. The number of rotatable bonds is 6. The van der Waals surface area contributed by atoms with Crippen LogP contribution in [0.1, 0.15) is 28.1 Å². The van der Waals surface area contributed by atoms with E-state index in [4.69, 9.17) is 4.42 Å². The van der Waals surface area contributed by atoms with Crippen LogP contribution in [0.5, 0.6) is 0 Å². The number of aryl methyl sites for hydroxylation is 3. The first-order valence-corrected chi connectivity index (χ1v) is 9.82. The Morgan fingerprint density at radius 1 is 0.962 bits per heavy atom. The van der Waals surface area contributed by atoms with Crippen LogP contribution >= 0.6 is 0 Å². The molecule has 0 saturated carbocycles. The van der Waals surface area contributed by atoms with Gasteiger partial charge in [-0.25, -0.2) is 8.42 Å². The fraction of sp³-hybridized carbons (Fsp3) is 0.250. The van der Waals surface area contributed by atoms with E-state index in [-0.39, 0.29) is 13.1 Å². The predicted molar refractivity (Wildman–Crippen MR) is 100 cm³/mol. The van der Waals surface area contributed by atoms with Gasteiger partial charge in [0.15, 0.2) is 0 Å². The maximum absolute atomic E-state index is 13.4. The molecule has 1 aromatic carbocycles. The number of hydrogen-bond donors (Lipinski definition) is 0. The summed E-state index contributed by atoms with van der Waals surface area (Å²) in [5, 5.41) is 0. The minimum Gasteiger partial charge on any atom is -0.468 e. The molecule has 0 aliphatic heterocycles. The largest absolute Gasteiger partial charge is 0.468 e. The number of pyridine rings is 1. The number of benzene rings is 1. The van der Waals surface area contributed by atoms with Crippen LogP contribution in [0.25, 0.3) is 0 Å². The van der Waals surface area contributed by atoms with Gasteiger partial charge in [0, 0.05) is 6.20 Å². The Balaban J connectivity index is 2.03. The molecular formula is C20H22N2O3S. The molecule has 3 aromatic rings. The van der Waals surface area contributed by atoms with E-state index in [0.29, 0.717) is 16.3 Å². The van der Waals surface area contributed by atoms with Crippen molar-refractivity contribution in [2.24, 2.45) is 0 Å². The van der Waals surface area contributed by atoms with Gasteiger partial charge < -0.3 is 4.42 Å². The standard InChI is InChI=1S/C20H22N2O3S/c1-15-11-17(3)20(12-16(15)2)26(23,24)22(14-19-8-6-10-25-19)13-18-7-4-5-9-21-18/h4-12H,13-14H2,1-3H3. The average Bonchev–Trinajstić information content (AvgIpc) is 3.11. The average molecular weight is 370 g/mol. The summed E-state index contributed by atoms with van der Waals surface area (Å²) >= 11 is 0. The highest BCUT2D eigenvalue weighted by molar-refractivity contribution is 7.89. The lowest BCUT2D eigenvalue weighted by Crippen LogP contribution is -2.31. The first kappa shape index (κ1) is 18.4. The second-order valence-corrected chi connectivity index (χ2v) is 8.28. The Hall–Kier alpha value is -2.44. The summed E-state index contributed by atoms with van der Waals surface area (Å²) in [6.45, 7) is 6.05. The molecule has 0 aliphatic carbocycles. The van der Waals surface area contributed by atoms with E-state index in [2.05, 4.69) is 4.98 Å². The van der Waals surface area contributed by atoms with Crippen LogP contribution in [-0.4, -0.2) is 17.7 Å². The van der Waals surface area contributed by atoms with Gasteiger partial charge in [-0.2, -0.15) is 4.31 Å². The van der Waals surface area contributed by atoms with Crippen molar-refractivity contribution in [2.45, 2.75) is 38.8 Å². The Kier molecular flexibility index (Phi) is 5.25. The highest BCUT2D eigenvalue weighted by Gasteiger charge is 2.28. The summed E-state index contributed by atoms with van der Waals surface area (Å²) < 4.78 is 33.6. The van der Waals surface area contributed by atoms with Gasteiger partial charge in [-0.1, -0.05) is 12.1 Å². The van der Waals surface area contributed by atoms with E-state index in [9.17, 15) is 8.42 Å². The van der Waals surface area contributed by atoms with Crippen molar-refractivity contribution < 1.29 is 12.8 Å². The first-order valence-electron chi connectivity index (χ1n) is 8.38. The minimum absolute atomic E-state index is 0.151. The number of hydrogen-bond acceptors (Lipinski definition) is 4. The van der Waals surface area contributed by atoms with Gasteiger partial charge in [0.1, 0.15) is 5.76 Å². The molecule has 136 valence electrons. The highest BCUT2D eigenvalue weighted by atomic mass is 32.2. The zero-order valence-corrected chi connectivity index (χ0v) is 16.0. The lowest BCUT2D eigenvalue weighted by atomic mass is 10.1. The third-order valence-corrected chi connectivity index (χ3v) is 6.32. The molecule has 2 aromatic heterocycles. The summed E-state index contributed by atoms with van der Waals surface area (Å²) in [4.78, 5) is 4.59. The summed E-state index contributed by atoms with van der Waals surface area (Å²) in [5.41, 5.74) is 3.44. The van der Waals surface area contributed by atoms with Gasteiger partial charge >= 0.3 is 0 Å². The SMILES string of the molecule is Cc1cc(C)c(S(=O)(=O)N(Cc2ccccn2)Cc2ccco2)cc1C.